The average molecular weight is 484 g/mol. The number of fused-ring (bicyclic) bond motifs is 1. The van der Waals surface area contributed by atoms with E-state index in [9.17, 15) is 20.0 Å². The highest BCUT2D eigenvalue weighted by Crippen LogP contribution is 2.41. The van der Waals surface area contributed by atoms with Gasteiger partial charge in [-0.3, -0.25) is 4.90 Å². The Kier molecular flexibility index (Phi) is 6.05. The number of aliphatic hydroxyl groups is 1. The van der Waals surface area contributed by atoms with E-state index >= 15 is 0 Å². The van der Waals surface area contributed by atoms with Gasteiger partial charge in [-0.1, -0.05) is 6.92 Å². The minimum Gasteiger partial charge on any atom is -0.395 e. The van der Waals surface area contributed by atoms with Gasteiger partial charge in [-0.15, -0.1) is 0 Å². The van der Waals surface area contributed by atoms with Crippen molar-refractivity contribution >= 4 is 17.3 Å². The van der Waals surface area contributed by atoms with Crippen LogP contribution < -0.4 is 10.6 Å². The second-order valence-electron chi connectivity index (χ2n) is 9.73. The maximum absolute atomic E-state index is 13.3. The lowest BCUT2D eigenvalue weighted by Gasteiger charge is -2.34. The number of hydrogen-bond donors (Lipinski definition) is 3. The van der Waals surface area contributed by atoms with Crippen LogP contribution >= 0.6 is 0 Å². The highest BCUT2D eigenvalue weighted by Gasteiger charge is 2.36. The quantitative estimate of drug-likeness (QED) is 0.485. The van der Waals surface area contributed by atoms with E-state index in [1.54, 1.807) is 24.4 Å². The van der Waals surface area contributed by atoms with Gasteiger partial charge < -0.3 is 15.7 Å². The van der Waals surface area contributed by atoms with Crippen LogP contribution in [0.2, 0.25) is 0 Å². The number of aromatic nitrogens is 2. The first kappa shape index (κ1) is 23.7. The second kappa shape index (κ2) is 9.19. The summed E-state index contributed by atoms with van der Waals surface area (Å²) in [7, 11) is 0. The summed E-state index contributed by atoms with van der Waals surface area (Å²) in [6, 6.07) is 13.6. The predicted octanol–water partition coefficient (Wildman–Crippen LogP) is 3.77. The zero-order chi connectivity index (χ0) is 25.4. The Hall–Kier alpha value is -4.05. The van der Waals surface area contributed by atoms with E-state index < -0.39 is 11.6 Å². The van der Waals surface area contributed by atoms with Gasteiger partial charge in [0.2, 0.25) is 5.95 Å². The molecule has 0 radical (unpaired) electrons. The number of nitrogens with zero attached hydrogens (tertiary/aromatic N) is 5. The number of anilines is 3. The molecule has 1 saturated heterocycles. The third kappa shape index (κ3) is 4.24. The van der Waals surface area contributed by atoms with Crippen molar-refractivity contribution in [1.29, 1.82) is 10.5 Å². The van der Waals surface area contributed by atoms with Crippen LogP contribution in [0.25, 0.3) is 11.3 Å². The van der Waals surface area contributed by atoms with Crippen LogP contribution in [0.5, 0.6) is 0 Å². The predicted molar refractivity (Wildman–Crippen MR) is 134 cm³/mol. The normalized spacial score (nSPS) is 19.1. The van der Waals surface area contributed by atoms with Crippen molar-refractivity contribution in [2.24, 2.45) is 0 Å². The summed E-state index contributed by atoms with van der Waals surface area (Å²) in [5.41, 5.74) is 6.13. The first-order valence-electron chi connectivity index (χ1n) is 11.8. The van der Waals surface area contributed by atoms with Crippen LogP contribution in [0.1, 0.15) is 34.7 Å². The number of rotatable bonds is 6. The van der Waals surface area contributed by atoms with E-state index in [0.29, 0.717) is 54.6 Å². The van der Waals surface area contributed by atoms with Gasteiger partial charge in [-0.25, -0.2) is 14.4 Å². The molecule has 3 heterocycles. The minimum atomic E-state index is -0.787. The molecular formula is C27H26FN7O. The Balaban J connectivity index is 1.48. The lowest BCUT2D eigenvalue weighted by atomic mass is 9.83. The SMILES string of the molecule is Cc1c(CN2CC(F)C2)cc(C#N)cc1Nc1nccc(-c2cc(C#N)c3c(c2)[C@@](C)(CO)CN3)n1. The average Bonchev–Trinajstić information content (AvgIpc) is 3.22. The van der Waals surface area contributed by atoms with E-state index in [-0.39, 0.29) is 6.61 Å². The molecular weight excluding hydrogens is 457 g/mol. The fraction of sp³-hybridized carbons (Fsp3) is 0.333. The summed E-state index contributed by atoms with van der Waals surface area (Å²) in [6.45, 7) is 5.80. The highest BCUT2D eigenvalue weighted by atomic mass is 19.1. The molecule has 2 aliphatic rings. The van der Waals surface area contributed by atoms with Crippen LogP contribution in [-0.4, -0.2) is 52.4 Å². The van der Waals surface area contributed by atoms with Gasteiger partial charge in [0.25, 0.3) is 0 Å². The zero-order valence-electron chi connectivity index (χ0n) is 20.1. The number of nitrogens with one attached hydrogen (secondary N) is 2. The first-order valence-corrected chi connectivity index (χ1v) is 11.8. The van der Waals surface area contributed by atoms with Crippen molar-refractivity contribution in [3.8, 4) is 23.4 Å². The zero-order valence-corrected chi connectivity index (χ0v) is 20.1. The number of benzene rings is 2. The van der Waals surface area contributed by atoms with E-state index in [2.05, 4.69) is 32.7 Å². The summed E-state index contributed by atoms with van der Waals surface area (Å²) in [6.07, 6.45) is 0.851. The molecule has 3 aromatic rings. The van der Waals surface area contributed by atoms with E-state index in [1.807, 2.05) is 30.9 Å². The van der Waals surface area contributed by atoms with Crippen molar-refractivity contribution < 1.29 is 9.50 Å². The van der Waals surface area contributed by atoms with E-state index in [1.165, 1.54) is 0 Å². The monoisotopic (exact) mass is 483 g/mol. The summed E-state index contributed by atoms with van der Waals surface area (Å²) >= 11 is 0. The van der Waals surface area contributed by atoms with E-state index in [4.69, 9.17) is 0 Å². The molecule has 8 nitrogen and oxygen atoms in total. The molecule has 2 aliphatic heterocycles. The van der Waals surface area contributed by atoms with Gasteiger partial charge >= 0.3 is 0 Å². The summed E-state index contributed by atoms with van der Waals surface area (Å²) in [5.74, 6) is 0.353. The highest BCUT2D eigenvalue weighted by molar-refractivity contribution is 5.76. The summed E-state index contributed by atoms with van der Waals surface area (Å²) < 4.78 is 13.3. The molecule has 5 rings (SSSR count). The lowest BCUT2D eigenvalue weighted by Crippen LogP contribution is -2.47. The molecule has 0 amide bonds. The number of hydrogen-bond acceptors (Lipinski definition) is 8. The van der Waals surface area contributed by atoms with Crippen LogP contribution in [-0.2, 0) is 12.0 Å². The molecule has 0 unspecified atom stereocenters. The van der Waals surface area contributed by atoms with Gasteiger partial charge in [0, 0.05) is 49.0 Å². The Morgan fingerprint density at radius 3 is 2.75 bits per heavy atom. The topological polar surface area (TPSA) is 121 Å². The van der Waals surface area contributed by atoms with Gasteiger partial charge in [0.05, 0.1) is 35.2 Å². The van der Waals surface area contributed by atoms with E-state index in [0.717, 1.165) is 27.9 Å². The van der Waals surface area contributed by atoms with Crippen LogP contribution in [0.4, 0.5) is 21.7 Å². The summed E-state index contributed by atoms with van der Waals surface area (Å²) in [4.78, 5) is 11.0. The molecule has 36 heavy (non-hydrogen) atoms. The van der Waals surface area contributed by atoms with Gasteiger partial charge in [-0.2, -0.15) is 10.5 Å². The molecule has 0 spiro atoms. The van der Waals surface area contributed by atoms with Crippen molar-refractivity contribution in [1.82, 2.24) is 14.9 Å². The standard InChI is InChI=1S/C27H26FN7O/c1-16-20(11-35-12-21(28)13-35)5-17(9-29)6-24(16)34-26-31-4-3-23(33-26)18-7-19(10-30)25-22(8-18)27(2,15-36)14-32-25/h3-8,21,32,36H,11-15H2,1-2H3,(H,31,33,34)/t27-/m1/s1. The Labute approximate surface area is 209 Å². The third-order valence-corrected chi connectivity index (χ3v) is 7.06. The molecule has 0 aliphatic carbocycles. The second-order valence-corrected chi connectivity index (χ2v) is 9.73. The van der Waals surface area contributed by atoms with Crippen molar-refractivity contribution in [2.75, 3.05) is 36.9 Å². The molecule has 0 bridgehead atoms. The third-order valence-electron chi connectivity index (χ3n) is 7.06. The number of halogens is 1. The number of aliphatic hydroxyl groups excluding tert-OH is 1. The molecule has 1 aromatic heterocycles. The van der Waals surface area contributed by atoms with Crippen LogP contribution in [0.3, 0.4) is 0 Å². The first-order chi connectivity index (χ1) is 17.3. The lowest BCUT2D eigenvalue weighted by molar-refractivity contribution is 0.0590. The van der Waals surface area contributed by atoms with Crippen LogP contribution in [0.15, 0.2) is 36.5 Å². The maximum Gasteiger partial charge on any atom is 0.227 e. The largest absolute Gasteiger partial charge is 0.395 e. The van der Waals surface area contributed by atoms with Crippen molar-refractivity contribution in [3.63, 3.8) is 0 Å². The molecule has 0 saturated carbocycles. The molecule has 3 N–H and O–H groups in total. The van der Waals surface area contributed by atoms with Gasteiger partial charge in [0.1, 0.15) is 12.2 Å². The van der Waals surface area contributed by atoms with Crippen LogP contribution in [0, 0.1) is 29.6 Å². The molecule has 2 aromatic carbocycles. The Morgan fingerprint density at radius 1 is 1.25 bits per heavy atom. The Morgan fingerprint density at radius 2 is 2.06 bits per heavy atom. The number of likely N-dealkylation sites (tertiary alicyclic amines) is 1. The van der Waals surface area contributed by atoms with Gasteiger partial charge in [-0.05, 0) is 53.9 Å². The molecule has 1 atom stereocenters. The fourth-order valence-corrected chi connectivity index (χ4v) is 4.77. The smallest absolute Gasteiger partial charge is 0.227 e. The molecule has 1 fully saturated rings. The molecule has 182 valence electrons. The minimum absolute atomic E-state index is 0.0435. The van der Waals surface area contributed by atoms with Gasteiger partial charge in [0.15, 0.2) is 0 Å². The molecule has 9 heteroatoms. The number of nitriles is 2. The van der Waals surface area contributed by atoms with Crippen molar-refractivity contribution in [2.45, 2.75) is 32.0 Å². The number of alkyl halides is 1. The fourth-order valence-electron chi connectivity index (χ4n) is 4.77. The van der Waals surface area contributed by atoms with Crippen molar-refractivity contribution in [3.05, 3.63) is 64.3 Å². The maximum atomic E-state index is 13.3. The Bertz CT molecular complexity index is 1420. The summed E-state index contributed by atoms with van der Waals surface area (Å²) in [5, 5.41) is 35.7.